The first kappa shape index (κ1) is 15.9. The van der Waals surface area contributed by atoms with E-state index in [1.165, 1.54) is 11.3 Å². The van der Waals surface area contributed by atoms with E-state index in [2.05, 4.69) is 55.7 Å². The molecule has 1 amide bonds. The van der Waals surface area contributed by atoms with Gasteiger partial charge in [-0.3, -0.25) is 10.1 Å². The Kier molecular flexibility index (Phi) is 4.94. The fraction of sp³-hybridized carbons (Fsp3) is 0.500. The number of ether oxygens (including phenoxy) is 1. The molecule has 0 radical (unpaired) electrons. The molecule has 114 valence electrons. The summed E-state index contributed by atoms with van der Waals surface area (Å²) in [6.45, 7) is 7.97. The average molecular weight is 374 g/mol. The van der Waals surface area contributed by atoms with Crippen molar-refractivity contribution < 1.29 is 9.53 Å². The predicted molar refractivity (Wildman–Crippen MR) is 84.0 cm³/mol. The molecule has 0 fully saturated rings. The highest BCUT2D eigenvalue weighted by Crippen LogP contribution is 2.43. The number of carbonyl (C=O) groups is 1. The van der Waals surface area contributed by atoms with Crippen molar-refractivity contribution in [1.82, 2.24) is 20.6 Å². The van der Waals surface area contributed by atoms with Crippen molar-refractivity contribution >= 4 is 39.1 Å². The van der Waals surface area contributed by atoms with Gasteiger partial charge in [0, 0.05) is 4.88 Å². The summed E-state index contributed by atoms with van der Waals surface area (Å²) >= 11 is 4.93. The van der Waals surface area contributed by atoms with Gasteiger partial charge in [-0.05, 0) is 40.9 Å². The topological polar surface area (TPSA) is 92.8 Å². The van der Waals surface area contributed by atoms with Gasteiger partial charge in [-0.2, -0.15) is 5.21 Å². The summed E-state index contributed by atoms with van der Waals surface area (Å²) < 4.78 is 6.61. The number of aromatic nitrogens is 4. The van der Waals surface area contributed by atoms with Crippen molar-refractivity contribution in [3.63, 3.8) is 0 Å². The number of nitrogens with zero attached hydrogens (tertiary/aromatic N) is 3. The highest BCUT2D eigenvalue weighted by Gasteiger charge is 2.25. The molecule has 2 heterocycles. The van der Waals surface area contributed by atoms with E-state index in [1.54, 1.807) is 0 Å². The summed E-state index contributed by atoms with van der Waals surface area (Å²) in [7, 11) is 0. The quantitative estimate of drug-likeness (QED) is 0.839. The molecule has 7 nitrogen and oxygen atoms in total. The van der Waals surface area contributed by atoms with Gasteiger partial charge in [0.1, 0.15) is 4.88 Å². The van der Waals surface area contributed by atoms with Gasteiger partial charge >= 0.3 is 0 Å². The minimum absolute atomic E-state index is 0.0346. The molecule has 0 aliphatic rings. The van der Waals surface area contributed by atoms with Crippen LogP contribution in [0.15, 0.2) is 4.47 Å². The zero-order valence-electron chi connectivity index (χ0n) is 12.1. The molecular weight excluding hydrogens is 358 g/mol. The second kappa shape index (κ2) is 6.52. The zero-order valence-corrected chi connectivity index (χ0v) is 14.5. The van der Waals surface area contributed by atoms with E-state index >= 15 is 0 Å². The molecular formula is C12H16BrN5O2S. The van der Waals surface area contributed by atoms with Crippen LogP contribution in [0.1, 0.15) is 48.2 Å². The molecule has 0 spiro atoms. The number of carbonyl (C=O) groups excluding carboxylic acids is 1. The first-order chi connectivity index (χ1) is 9.90. The number of H-pyrrole nitrogens is 1. The number of hydrogen-bond donors (Lipinski definition) is 2. The largest absolute Gasteiger partial charge is 0.488 e. The SMILES string of the molecule is CC(C)Oc1c(C(=O)Nc2nn[nH]n2)sc(C(C)C)c1Br. The molecule has 0 atom stereocenters. The highest BCUT2D eigenvalue weighted by atomic mass is 79.9. The maximum atomic E-state index is 12.4. The van der Waals surface area contributed by atoms with E-state index in [9.17, 15) is 4.79 Å². The molecule has 0 aliphatic heterocycles. The predicted octanol–water partition coefficient (Wildman–Crippen LogP) is 3.19. The summed E-state index contributed by atoms with van der Waals surface area (Å²) in [6, 6.07) is 0. The molecule has 0 saturated heterocycles. The summed E-state index contributed by atoms with van der Waals surface area (Å²) in [5.74, 6) is 0.654. The third-order valence-electron chi connectivity index (χ3n) is 2.49. The number of tetrazole rings is 1. The minimum Gasteiger partial charge on any atom is -0.488 e. The van der Waals surface area contributed by atoms with Crippen molar-refractivity contribution in [3.8, 4) is 5.75 Å². The highest BCUT2D eigenvalue weighted by molar-refractivity contribution is 9.10. The van der Waals surface area contributed by atoms with E-state index in [0.29, 0.717) is 10.6 Å². The molecule has 2 aromatic rings. The van der Waals surface area contributed by atoms with E-state index in [1.807, 2.05) is 13.8 Å². The summed E-state index contributed by atoms with van der Waals surface area (Å²) in [5, 5.41) is 15.7. The van der Waals surface area contributed by atoms with Gasteiger partial charge in [0.25, 0.3) is 11.9 Å². The number of amides is 1. The molecule has 0 unspecified atom stereocenters. The van der Waals surface area contributed by atoms with Gasteiger partial charge < -0.3 is 4.74 Å². The van der Waals surface area contributed by atoms with Gasteiger partial charge in [0.05, 0.1) is 10.6 Å². The van der Waals surface area contributed by atoms with Crippen molar-refractivity contribution in [3.05, 3.63) is 14.2 Å². The maximum absolute atomic E-state index is 12.4. The van der Waals surface area contributed by atoms with E-state index in [4.69, 9.17) is 4.74 Å². The van der Waals surface area contributed by atoms with Gasteiger partial charge in [0.15, 0.2) is 5.75 Å². The lowest BCUT2D eigenvalue weighted by atomic mass is 10.2. The Morgan fingerprint density at radius 1 is 1.38 bits per heavy atom. The molecule has 0 bridgehead atoms. The van der Waals surface area contributed by atoms with Crippen molar-refractivity contribution in [2.45, 2.75) is 39.7 Å². The number of aromatic amines is 1. The second-order valence-corrected chi connectivity index (χ2v) is 6.79. The molecule has 0 aliphatic carbocycles. The van der Waals surface area contributed by atoms with E-state index in [-0.39, 0.29) is 23.9 Å². The Balaban J connectivity index is 2.36. The monoisotopic (exact) mass is 373 g/mol. The minimum atomic E-state index is -0.315. The smallest absolute Gasteiger partial charge is 0.272 e. The van der Waals surface area contributed by atoms with Crippen LogP contribution < -0.4 is 10.1 Å². The van der Waals surface area contributed by atoms with Crippen LogP contribution in [-0.2, 0) is 0 Å². The van der Waals surface area contributed by atoms with Crippen LogP contribution in [0, 0.1) is 0 Å². The molecule has 2 rings (SSSR count). The van der Waals surface area contributed by atoms with Crippen LogP contribution in [-0.4, -0.2) is 32.6 Å². The Morgan fingerprint density at radius 2 is 2.10 bits per heavy atom. The third-order valence-corrected chi connectivity index (χ3v) is 5.01. The lowest BCUT2D eigenvalue weighted by molar-refractivity contribution is 0.102. The molecule has 2 aromatic heterocycles. The van der Waals surface area contributed by atoms with Crippen LogP contribution >= 0.6 is 27.3 Å². The van der Waals surface area contributed by atoms with Crippen molar-refractivity contribution in [2.24, 2.45) is 0 Å². The van der Waals surface area contributed by atoms with Crippen molar-refractivity contribution in [1.29, 1.82) is 0 Å². The number of halogens is 1. The molecule has 21 heavy (non-hydrogen) atoms. The Labute approximate surface area is 134 Å². The van der Waals surface area contributed by atoms with E-state index < -0.39 is 0 Å². The summed E-state index contributed by atoms with van der Waals surface area (Å²) in [4.78, 5) is 13.9. The van der Waals surface area contributed by atoms with Gasteiger partial charge in [-0.15, -0.1) is 16.4 Å². The lowest BCUT2D eigenvalue weighted by Gasteiger charge is -2.11. The third kappa shape index (κ3) is 3.59. The molecule has 9 heteroatoms. The summed E-state index contributed by atoms with van der Waals surface area (Å²) in [5.41, 5.74) is 0. The van der Waals surface area contributed by atoms with Crippen LogP contribution in [0.25, 0.3) is 0 Å². The number of thiophene rings is 1. The Bertz CT molecular complexity index is 624. The van der Waals surface area contributed by atoms with Crippen LogP contribution in [0.5, 0.6) is 5.75 Å². The molecule has 2 N–H and O–H groups in total. The first-order valence-electron chi connectivity index (χ1n) is 6.43. The van der Waals surface area contributed by atoms with E-state index in [0.717, 1.165) is 9.35 Å². The van der Waals surface area contributed by atoms with Crippen LogP contribution in [0.2, 0.25) is 0 Å². The Morgan fingerprint density at radius 3 is 2.62 bits per heavy atom. The van der Waals surface area contributed by atoms with Gasteiger partial charge in [-0.1, -0.05) is 18.9 Å². The van der Waals surface area contributed by atoms with Gasteiger partial charge in [0.2, 0.25) is 0 Å². The molecule has 0 saturated carbocycles. The fourth-order valence-electron chi connectivity index (χ4n) is 1.65. The fourth-order valence-corrected chi connectivity index (χ4v) is 3.80. The number of anilines is 1. The average Bonchev–Trinajstić information content (AvgIpc) is 2.98. The summed E-state index contributed by atoms with van der Waals surface area (Å²) in [6.07, 6.45) is -0.0346. The number of nitrogens with one attached hydrogen (secondary N) is 2. The van der Waals surface area contributed by atoms with Crippen molar-refractivity contribution in [2.75, 3.05) is 5.32 Å². The normalized spacial score (nSPS) is 11.2. The van der Waals surface area contributed by atoms with Crippen LogP contribution in [0.4, 0.5) is 5.95 Å². The van der Waals surface area contributed by atoms with Crippen LogP contribution in [0.3, 0.4) is 0 Å². The Hall–Kier alpha value is -1.48. The number of rotatable bonds is 5. The zero-order chi connectivity index (χ0) is 15.6. The standard InChI is InChI=1S/C12H16BrN5O2S/c1-5(2)9-7(13)8(20-6(3)4)10(21-9)11(19)14-12-15-17-18-16-12/h5-6H,1-4H3,(H2,14,15,16,17,18,19). The first-order valence-corrected chi connectivity index (χ1v) is 8.04. The second-order valence-electron chi connectivity index (χ2n) is 4.95. The number of hydrogen-bond acceptors (Lipinski definition) is 6. The molecule has 0 aromatic carbocycles. The lowest BCUT2D eigenvalue weighted by Crippen LogP contribution is -2.14. The van der Waals surface area contributed by atoms with Gasteiger partial charge in [-0.25, -0.2) is 0 Å². The maximum Gasteiger partial charge on any atom is 0.272 e.